The Balaban J connectivity index is 0.00000529. The van der Waals surface area contributed by atoms with E-state index in [2.05, 4.69) is 5.32 Å². The van der Waals surface area contributed by atoms with Gasteiger partial charge in [0.05, 0.1) is 6.04 Å². The van der Waals surface area contributed by atoms with Crippen LogP contribution in [0.2, 0.25) is 0 Å². The van der Waals surface area contributed by atoms with E-state index < -0.39 is 18.1 Å². The Hall–Kier alpha value is -1.34. The highest BCUT2D eigenvalue weighted by molar-refractivity contribution is 5.92. The number of nitrogens with two attached hydrogens (primary N) is 1. The van der Waals surface area contributed by atoms with E-state index in [4.69, 9.17) is 5.73 Å². The molecule has 1 rings (SSSR count). The molecule has 3 atom stereocenters. The maximum absolute atomic E-state index is 12.8. The normalized spacial score (nSPS) is 27.8. The molecule has 1 fully saturated rings. The lowest BCUT2D eigenvalue weighted by Crippen LogP contribution is -2.57. The highest BCUT2D eigenvalue weighted by Crippen LogP contribution is 2.16. The molecule has 1 aliphatic rings. The molecule has 0 unspecified atom stereocenters. The largest absolute Gasteiger partial charge is 0.354 e. The van der Waals surface area contributed by atoms with Gasteiger partial charge in [0.1, 0.15) is 12.1 Å². The maximum atomic E-state index is 12.8. The number of hydrogen-bond acceptors (Lipinski definition) is 4. The summed E-state index contributed by atoms with van der Waals surface area (Å²) in [5, 5.41) is 2.83. The quantitative estimate of drug-likeness (QED) is 0.704. The third-order valence-electron chi connectivity index (χ3n) is 4.52. The molecule has 1 aliphatic heterocycles. The molecule has 24 heavy (non-hydrogen) atoms. The molecule has 3 amide bonds. The summed E-state index contributed by atoms with van der Waals surface area (Å²) in [5.41, 5.74) is 5.98. The van der Waals surface area contributed by atoms with Crippen molar-refractivity contribution < 1.29 is 14.4 Å². The van der Waals surface area contributed by atoms with Crippen LogP contribution in [0.4, 0.5) is 0 Å². The van der Waals surface area contributed by atoms with Crippen LogP contribution < -0.4 is 11.1 Å². The zero-order valence-electron chi connectivity index (χ0n) is 15.2. The average molecular weight is 363 g/mol. The molecule has 1 heterocycles. The van der Waals surface area contributed by atoms with E-state index in [-0.39, 0.29) is 36.0 Å². The first kappa shape index (κ1) is 22.7. The van der Waals surface area contributed by atoms with E-state index in [1.165, 1.54) is 9.80 Å². The molecule has 0 aliphatic carbocycles. The Morgan fingerprint density at radius 1 is 1.08 bits per heavy atom. The van der Waals surface area contributed by atoms with Crippen molar-refractivity contribution in [2.75, 3.05) is 20.6 Å². The smallest absolute Gasteiger partial charge is 0.246 e. The monoisotopic (exact) mass is 362 g/mol. The van der Waals surface area contributed by atoms with Gasteiger partial charge in [-0.15, -0.1) is 12.4 Å². The van der Waals surface area contributed by atoms with Crippen LogP contribution in [0.25, 0.3) is 0 Å². The van der Waals surface area contributed by atoms with Gasteiger partial charge in [-0.2, -0.15) is 0 Å². The number of nitrogens with one attached hydrogen (secondary N) is 1. The minimum absolute atomic E-state index is 0. The van der Waals surface area contributed by atoms with Crippen LogP contribution in [-0.2, 0) is 14.4 Å². The summed E-state index contributed by atoms with van der Waals surface area (Å²) in [6, 6.07) is -1.83. The Morgan fingerprint density at radius 2 is 1.67 bits per heavy atom. The SMILES string of the molecule is CC(C)[C@@H]1C(=O)N(C)[C@H](C)C(=O)NCCCC[C@H](N)C(=O)N1C.Cl. The van der Waals surface area contributed by atoms with Crippen molar-refractivity contribution in [2.24, 2.45) is 11.7 Å². The predicted molar refractivity (Wildman–Crippen MR) is 95.7 cm³/mol. The second-order valence-corrected chi connectivity index (χ2v) is 6.66. The van der Waals surface area contributed by atoms with Gasteiger partial charge >= 0.3 is 0 Å². The van der Waals surface area contributed by atoms with Gasteiger partial charge in [-0.1, -0.05) is 13.8 Å². The van der Waals surface area contributed by atoms with Gasteiger partial charge in [-0.05, 0) is 32.1 Å². The van der Waals surface area contributed by atoms with Gasteiger partial charge in [0.15, 0.2) is 0 Å². The number of carbonyl (C=O) groups excluding carboxylic acids is 3. The van der Waals surface area contributed by atoms with Crippen molar-refractivity contribution in [1.82, 2.24) is 15.1 Å². The third kappa shape index (κ3) is 5.34. The summed E-state index contributed by atoms with van der Waals surface area (Å²) >= 11 is 0. The summed E-state index contributed by atoms with van der Waals surface area (Å²) < 4.78 is 0. The molecule has 0 aromatic carbocycles. The molecule has 1 saturated heterocycles. The first-order valence-electron chi connectivity index (χ1n) is 8.25. The molecule has 8 heteroatoms. The molecule has 0 radical (unpaired) electrons. The standard InChI is InChI=1S/C16H30N4O3.ClH/c1-10(2)13-16(23)19(4)11(3)14(21)18-9-7-6-8-12(17)15(22)20(13)5;/h10-13H,6-9,17H2,1-5H3,(H,18,21);1H/t11-,12+,13-;/m1./s1. The second kappa shape index (κ2) is 9.84. The Morgan fingerprint density at radius 3 is 2.21 bits per heavy atom. The lowest BCUT2D eigenvalue weighted by atomic mass is 9.99. The summed E-state index contributed by atoms with van der Waals surface area (Å²) in [6.07, 6.45) is 2.06. The highest BCUT2D eigenvalue weighted by Gasteiger charge is 2.36. The number of halogens is 1. The number of carbonyl (C=O) groups is 3. The number of rotatable bonds is 1. The van der Waals surface area contributed by atoms with Crippen LogP contribution in [0, 0.1) is 5.92 Å². The molecule has 3 N–H and O–H groups in total. The van der Waals surface area contributed by atoms with Crippen LogP contribution in [0.1, 0.15) is 40.0 Å². The number of hydrogen-bond donors (Lipinski definition) is 2. The lowest BCUT2D eigenvalue weighted by Gasteiger charge is -2.36. The molecule has 0 aromatic heterocycles. The maximum Gasteiger partial charge on any atom is 0.246 e. The summed E-state index contributed by atoms with van der Waals surface area (Å²) in [6.45, 7) is 5.98. The van der Waals surface area contributed by atoms with E-state index in [0.29, 0.717) is 13.0 Å². The van der Waals surface area contributed by atoms with E-state index in [1.807, 2.05) is 13.8 Å². The molecule has 0 saturated carbocycles. The van der Waals surface area contributed by atoms with E-state index in [1.54, 1.807) is 21.0 Å². The fourth-order valence-electron chi connectivity index (χ4n) is 2.84. The average Bonchev–Trinajstić information content (AvgIpc) is 2.50. The first-order valence-corrected chi connectivity index (χ1v) is 8.25. The fourth-order valence-corrected chi connectivity index (χ4v) is 2.84. The van der Waals surface area contributed by atoms with Crippen LogP contribution in [0.15, 0.2) is 0 Å². The van der Waals surface area contributed by atoms with Gasteiger partial charge in [0.25, 0.3) is 0 Å². The minimum atomic E-state index is -0.630. The predicted octanol–water partition coefficient (Wildman–Crippen LogP) is 0.366. The van der Waals surface area contributed by atoms with E-state index in [0.717, 1.165) is 12.8 Å². The first-order chi connectivity index (χ1) is 10.7. The molecular formula is C16H31ClN4O3. The van der Waals surface area contributed by atoms with Gasteiger partial charge < -0.3 is 20.9 Å². The number of amides is 3. The summed E-state index contributed by atoms with van der Waals surface area (Å²) in [7, 11) is 3.21. The van der Waals surface area contributed by atoms with Crippen molar-refractivity contribution in [2.45, 2.75) is 58.2 Å². The van der Waals surface area contributed by atoms with Crippen LogP contribution >= 0.6 is 12.4 Å². The fraction of sp³-hybridized carbons (Fsp3) is 0.812. The van der Waals surface area contributed by atoms with Gasteiger partial charge in [0.2, 0.25) is 17.7 Å². The van der Waals surface area contributed by atoms with Crippen molar-refractivity contribution in [3.63, 3.8) is 0 Å². The van der Waals surface area contributed by atoms with Gasteiger partial charge in [-0.3, -0.25) is 14.4 Å². The van der Waals surface area contributed by atoms with E-state index >= 15 is 0 Å². The number of nitrogens with zero attached hydrogens (tertiary/aromatic N) is 2. The molecule has 0 bridgehead atoms. The Kier molecular flexibility index (Phi) is 9.29. The van der Waals surface area contributed by atoms with Crippen molar-refractivity contribution in [1.29, 1.82) is 0 Å². The molecule has 0 aromatic rings. The van der Waals surface area contributed by atoms with E-state index in [9.17, 15) is 14.4 Å². The topological polar surface area (TPSA) is 95.7 Å². The van der Waals surface area contributed by atoms with Crippen molar-refractivity contribution in [3.8, 4) is 0 Å². The minimum Gasteiger partial charge on any atom is -0.354 e. The summed E-state index contributed by atoms with van der Waals surface area (Å²) in [5.74, 6) is -0.728. The molecule has 7 nitrogen and oxygen atoms in total. The molecular weight excluding hydrogens is 332 g/mol. The Labute approximate surface area is 150 Å². The number of likely N-dealkylation sites (N-methyl/N-ethyl adjacent to an activating group) is 2. The summed E-state index contributed by atoms with van der Waals surface area (Å²) in [4.78, 5) is 40.3. The van der Waals surface area contributed by atoms with Crippen LogP contribution in [-0.4, -0.2) is 66.3 Å². The third-order valence-corrected chi connectivity index (χ3v) is 4.52. The van der Waals surface area contributed by atoms with Crippen LogP contribution in [0.3, 0.4) is 0 Å². The molecule has 0 spiro atoms. The van der Waals surface area contributed by atoms with Gasteiger partial charge in [0, 0.05) is 20.6 Å². The lowest BCUT2D eigenvalue weighted by molar-refractivity contribution is -0.149. The molecule has 140 valence electrons. The van der Waals surface area contributed by atoms with Crippen LogP contribution in [0.5, 0.6) is 0 Å². The highest BCUT2D eigenvalue weighted by atomic mass is 35.5. The zero-order valence-corrected chi connectivity index (χ0v) is 16.1. The van der Waals surface area contributed by atoms with Crippen molar-refractivity contribution in [3.05, 3.63) is 0 Å². The Bertz CT molecular complexity index is 459. The zero-order chi connectivity index (χ0) is 17.7. The van der Waals surface area contributed by atoms with Crippen molar-refractivity contribution >= 4 is 30.1 Å². The van der Waals surface area contributed by atoms with Gasteiger partial charge in [-0.25, -0.2) is 0 Å². The second-order valence-electron chi connectivity index (χ2n) is 6.66.